The van der Waals surface area contributed by atoms with Crippen molar-refractivity contribution in [2.75, 3.05) is 6.54 Å². The lowest BCUT2D eigenvalue weighted by Crippen LogP contribution is -2.42. The molecule has 0 aliphatic carbocycles. The first kappa shape index (κ1) is 19.3. The van der Waals surface area contributed by atoms with Gasteiger partial charge in [0.05, 0.1) is 11.9 Å². The highest BCUT2D eigenvalue weighted by atomic mass is 16.4. The van der Waals surface area contributed by atoms with Crippen molar-refractivity contribution in [1.82, 2.24) is 14.7 Å². The van der Waals surface area contributed by atoms with Crippen LogP contribution in [0.2, 0.25) is 0 Å². The van der Waals surface area contributed by atoms with Gasteiger partial charge in [0, 0.05) is 11.4 Å². The number of rotatable bonds is 6. The first-order chi connectivity index (χ1) is 13.4. The van der Waals surface area contributed by atoms with Gasteiger partial charge in [0.1, 0.15) is 6.54 Å². The Balaban J connectivity index is 2.15. The predicted molar refractivity (Wildman–Crippen MR) is 105 cm³/mol. The van der Waals surface area contributed by atoms with Gasteiger partial charge in [-0.25, -0.2) is 4.68 Å². The highest BCUT2D eigenvalue weighted by molar-refractivity contribution is 6.05. The van der Waals surface area contributed by atoms with Crippen LogP contribution in [-0.2, 0) is 11.3 Å². The molecule has 3 rings (SSSR count). The number of carbonyl (C=O) groups is 2. The van der Waals surface area contributed by atoms with Crippen molar-refractivity contribution in [1.29, 1.82) is 0 Å². The van der Waals surface area contributed by atoms with Crippen LogP contribution in [0.5, 0.6) is 0 Å². The molecule has 0 fully saturated rings. The molecule has 0 aliphatic heterocycles. The Morgan fingerprint density at radius 3 is 2.25 bits per heavy atom. The summed E-state index contributed by atoms with van der Waals surface area (Å²) in [4.78, 5) is 38.4. The molecule has 0 saturated heterocycles. The molecule has 0 aliphatic rings. The zero-order valence-corrected chi connectivity index (χ0v) is 15.7. The molecular formula is C21H21N3O4. The number of fused-ring (bicyclic) bond motifs is 1. The molecule has 1 amide bonds. The van der Waals surface area contributed by atoms with Crippen molar-refractivity contribution >= 4 is 22.6 Å². The summed E-state index contributed by atoms with van der Waals surface area (Å²) in [5.41, 5.74) is 0.642. The second-order valence-corrected chi connectivity index (χ2v) is 6.76. The Morgan fingerprint density at radius 1 is 1.04 bits per heavy atom. The van der Waals surface area contributed by atoms with E-state index in [1.54, 1.807) is 38.1 Å². The molecule has 0 bridgehead atoms. The molecule has 1 aromatic heterocycles. The Hall–Kier alpha value is -3.48. The van der Waals surface area contributed by atoms with Gasteiger partial charge < -0.3 is 10.0 Å². The number of hydrogen-bond acceptors (Lipinski definition) is 4. The van der Waals surface area contributed by atoms with E-state index in [0.717, 1.165) is 5.56 Å². The second-order valence-electron chi connectivity index (χ2n) is 6.76. The van der Waals surface area contributed by atoms with Crippen molar-refractivity contribution < 1.29 is 14.7 Å². The molecule has 28 heavy (non-hydrogen) atoms. The van der Waals surface area contributed by atoms with Crippen LogP contribution in [0.1, 0.15) is 29.9 Å². The van der Waals surface area contributed by atoms with Crippen molar-refractivity contribution in [3.05, 3.63) is 76.2 Å². The van der Waals surface area contributed by atoms with E-state index in [4.69, 9.17) is 5.11 Å². The molecule has 0 atom stereocenters. The molecule has 1 N–H and O–H groups in total. The summed E-state index contributed by atoms with van der Waals surface area (Å²) in [6.07, 6.45) is 0. The number of carbonyl (C=O) groups excluding carboxylic acids is 1. The van der Waals surface area contributed by atoms with Gasteiger partial charge in [0.25, 0.3) is 11.5 Å². The summed E-state index contributed by atoms with van der Waals surface area (Å²) < 4.78 is 1.25. The van der Waals surface area contributed by atoms with Crippen molar-refractivity contribution in [3.63, 3.8) is 0 Å². The zero-order chi connectivity index (χ0) is 20.3. The monoisotopic (exact) mass is 379 g/mol. The normalized spacial score (nSPS) is 11.0. The summed E-state index contributed by atoms with van der Waals surface area (Å²) in [5, 5.41) is 14.3. The SMILES string of the molecule is CC(C)N(CC(=O)O)C(=O)c1nn(Cc2ccccc2)c(=O)c2ccccc12. The smallest absolute Gasteiger partial charge is 0.323 e. The summed E-state index contributed by atoms with van der Waals surface area (Å²) in [6, 6.07) is 15.8. The van der Waals surface area contributed by atoms with Crippen LogP contribution in [0.4, 0.5) is 0 Å². The van der Waals surface area contributed by atoms with Gasteiger partial charge in [-0.15, -0.1) is 0 Å². The Morgan fingerprint density at radius 2 is 1.64 bits per heavy atom. The lowest BCUT2D eigenvalue weighted by Gasteiger charge is -2.25. The molecule has 7 nitrogen and oxygen atoms in total. The molecule has 0 radical (unpaired) electrons. The standard InChI is InChI=1S/C21H21N3O4/c1-14(2)23(13-18(25)26)21(28)19-16-10-6-7-11-17(16)20(27)24(22-19)12-15-8-4-3-5-9-15/h3-11,14H,12-13H2,1-2H3,(H,25,26). The van der Waals surface area contributed by atoms with E-state index < -0.39 is 18.4 Å². The van der Waals surface area contributed by atoms with Gasteiger partial charge in [-0.2, -0.15) is 5.10 Å². The molecule has 3 aromatic rings. The van der Waals surface area contributed by atoms with Crippen LogP contribution >= 0.6 is 0 Å². The van der Waals surface area contributed by atoms with Crippen LogP contribution in [0.3, 0.4) is 0 Å². The quantitative estimate of drug-likeness (QED) is 0.710. The lowest BCUT2D eigenvalue weighted by molar-refractivity contribution is -0.138. The maximum absolute atomic E-state index is 13.1. The minimum absolute atomic E-state index is 0.0704. The Kier molecular flexibility index (Phi) is 5.54. The van der Waals surface area contributed by atoms with E-state index in [-0.39, 0.29) is 23.8 Å². The van der Waals surface area contributed by atoms with Crippen LogP contribution < -0.4 is 5.56 Å². The zero-order valence-electron chi connectivity index (χ0n) is 15.7. The molecule has 0 unspecified atom stereocenters. The third kappa shape index (κ3) is 3.93. The number of hydrogen-bond donors (Lipinski definition) is 1. The molecule has 144 valence electrons. The lowest BCUT2D eigenvalue weighted by atomic mass is 10.1. The average Bonchev–Trinajstić information content (AvgIpc) is 2.68. The fourth-order valence-corrected chi connectivity index (χ4v) is 3.03. The van der Waals surface area contributed by atoms with Crippen molar-refractivity contribution in [2.45, 2.75) is 26.4 Å². The van der Waals surface area contributed by atoms with Gasteiger partial charge in [0.2, 0.25) is 0 Å². The molecule has 0 saturated carbocycles. The number of aliphatic carboxylic acids is 1. The fraction of sp³-hybridized carbons (Fsp3) is 0.238. The third-order valence-corrected chi connectivity index (χ3v) is 4.44. The summed E-state index contributed by atoms with van der Waals surface area (Å²) >= 11 is 0. The number of benzene rings is 2. The van der Waals surface area contributed by atoms with E-state index in [9.17, 15) is 14.4 Å². The number of aromatic nitrogens is 2. The van der Waals surface area contributed by atoms with Gasteiger partial charge in [-0.3, -0.25) is 14.4 Å². The van der Waals surface area contributed by atoms with Gasteiger partial charge >= 0.3 is 5.97 Å². The molecule has 0 spiro atoms. The predicted octanol–water partition coefficient (Wildman–Crippen LogP) is 2.38. The van der Waals surface area contributed by atoms with Crippen molar-refractivity contribution in [3.8, 4) is 0 Å². The highest BCUT2D eigenvalue weighted by Gasteiger charge is 2.25. The highest BCUT2D eigenvalue weighted by Crippen LogP contribution is 2.17. The summed E-state index contributed by atoms with van der Waals surface area (Å²) in [6.45, 7) is 3.25. The number of nitrogens with zero attached hydrogens (tertiary/aromatic N) is 3. The van der Waals surface area contributed by atoms with Gasteiger partial charge in [-0.1, -0.05) is 48.5 Å². The topological polar surface area (TPSA) is 92.5 Å². The van der Waals surface area contributed by atoms with E-state index in [0.29, 0.717) is 10.8 Å². The minimum atomic E-state index is -1.11. The fourth-order valence-electron chi connectivity index (χ4n) is 3.03. The molecular weight excluding hydrogens is 358 g/mol. The van der Waals surface area contributed by atoms with E-state index >= 15 is 0 Å². The van der Waals surface area contributed by atoms with E-state index in [1.165, 1.54) is 9.58 Å². The number of carboxylic acids is 1. The van der Waals surface area contributed by atoms with Crippen LogP contribution in [0.15, 0.2) is 59.4 Å². The van der Waals surface area contributed by atoms with Crippen LogP contribution in [-0.4, -0.2) is 44.3 Å². The van der Waals surface area contributed by atoms with Crippen LogP contribution in [0, 0.1) is 0 Å². The molecule has 2 aromatic carbocycles. The first-order valence-electron chi connectivity index (χ1n) is 8.95. The van der Waals surface area contributed by atoms with Crippen LogP contribution in [0.25, 0.3) is 10.8 Å². The first-order valence-corrected chi connectivity index (χ1v) is 8.95. The average molecular weight is 379 g/mol. The minimum Gasteiger partial charge on any atom is -0.480 e. The van der Waals surface area contributed by atoms with Gasteiger partial charge in [-0.05, 0) is 25.5 Å². The second kappa shape index (κ2) is 8.04. The largest absolute Gasteiger partial charge is 0.480 e. The van der Waals surface area contributed by atoms with Gasteiger partial charge in [0.15, 0.2) is 5.69 Å². The number of carboxylic acid groups (broad SMARTS) is 1. The maximum atomic E-state index is 13.1. The van der Waals surface area contributed by atoms with E-state index in [2.05, 4.69) is 5.10 Å². The third-order valence-electron chi connectivity index (χ3n) is 4.44. The summed E-state index contributed by atoms with van der Waals surface area (Å²) in [7, 11) is 0. The number of amides is 1. The molecule has 7 heteroatoms. The molecule has 1 heterocycles. The maximum Gasteiger partial charge on any atom is 0.323 e. The Bertz CT molecular complexity index is 1070. The van der Waals surface area contributed by atoms with Crippen molar-refractivity contribution in [2.24, 2.45) is 0 Å². The Labute approximate surface area is 161 Å². The summed E-state index contributed by atoms with van der Waals surface area (Å²) in [5.74, 6) is -1.63. The van der Waals surface area contributed by atoms with E-state index in [1.807, 2.05) is 30.3 Å².